The number of anilines is 1. The van der Waals surface area contributed by atoms with Gasteiger partial charge in [-0.1, -0.05) is 6.92 Å². The van der Waals surface area contributed by atoms with Gasteiger partial charge in [-0.2, -0.15) is 22.5 Å². The Morgan fingerprint density at radius 2 is 1.84 bits per heavy atom. The van der Waals surface area contributed by atoms with Gasteiger partial charge in [-0.15, -0.1) is 0 Å². The smallest absolute Gasteiger partial charge is 0.253 e. The molecule has 7 heteroatoms. The van der Waals surface area contributed by atoms with E-state index in [2.05, 4.69) is 15.2 Å². The second-order valence-corrected chi connectivity index (χ2v) is 4.63. The van der Waals surface area contributed by atoms with Crippen LogP contribution < -0.4 is 5.32 Å². The predicted molar refractivity (Wildman–Crippen MR) is 62.8 cm³/mol. The van der Waals surface area contributed by atoms with E-state index in [0.717, 1.165) is 26.1 Å². The molecule has 0 radical (unpaired) electrons. The number of hydrogen-bond acceptors (Lipinski definition) is 3. The van der Waals surface area contributed by atoms with Crippen LogP contribution in [0.3, 0.4) is 0 Å². The number of likely N-dealkylation sites (tertiary alicyclic amines) is 1. The third kappa shape index (κ3) is 2.97. The van der Waals surface area contributed by atoms with Gasteiger partial charge in [0.05, 0.1) is 0 Å². The Morgan fingerprint density at radius 1 is 1.21 bits per heavy atom. The van der Waals surface area contributed by atoms with E-state index in [1.165, 1.54) is 0 Å². The molecule has 3 nitrogen and oxygen atoms in total. The Kier molecular flexibility index (Phi) is 4.24. The first kappa shape index (κ1) is 14.0. The van der Waals surface area contributed by atoms with Crippen molar-refractivity contribution in [3.05, 3.63) is 23.5 Å². The van der Waals surface area contributed by atoms with Gasteiger partial charge in [0.2, 0.25) is 11.6 Å². The highest BCUT2D eigenvalue weighted by atomic mass is 19.2. The van der Waals surface area contributed by atoms with Crippen molar-refractivity contribution >= 4 is 5.69 Å². The Balaban J connectivity index is 2.04. The lowest BCUT2D eigenvalue weighted by molar-refractivity contribution is 0.344. The van der Waals surface area contributed by atoms with E-state index >= 15 is 0 Å². The Morgan fingerprint density at radius 3 is 2.37 bits per heavy atom. The number of hydrogen-bond donors (Lipinski definition) is 1. The van der Waals surface area contributed by atoms with Crippen molar-refractivity contribution in [2.75, 3.05) is 31.5 Å². The first-order valence-corrected chi connectivity index (χ1v) is 6.19. The van der Waals surface area contributed by atoms with Crippen LogP contribution in [0.2, 0.25) is 0 Å². The maximum atomic E-state index is 13.3. The van der Waals surface area contributed by atoms with Crippen LogP contribution >= 0.6 is 0 Å². The fourth-order valence-corrected chi connectivity index (χ4v) is 2.26. The average molecular weight is 277 g/mol. The molecule has 1 aromatic rings. The molecular formula is C12H15F4N3. The summed E-state index contributed by atoms with van der Waals surface area (Å²) in [7, 11) is 0. The minimum Gasteiger partial charge on any atom is -0.380 e. The summed E-state index contributed by atoms with van der Waals surface area (Å²) in [6, 6.07) is 0. The zero-order chi connectivity index (χ0) is 14.0. The fourth-order valence-electron chi connectivity index (χ4n) is 2.26. The van der Waals surface area contributed by atoms with Crippen LogP contribution in [0.1, 0.15) is 13.3 Å². The van der Waals surface area contributed by atoms with Gasteiger partial charge in [0.1, 0.15) is 5.69 Å². The Bertz CT molecular complexity index is 441. The van der Waals surface area contributed by atoms with Crippen LogP contribution in [0, 0.1) is 29.4 Å². The van der Waals surface area contributed by atoms with E-state index in [1.54, 1.807) is 0 Å². The zero-order valence-electron chi connectivity index (χ0n) is 10.5. The summed E-state index contributed by atoms with van der Waals surface area (Å²) in [5.41, 5.74) is -0.778. The number of nitrogens with one attached hydrogen (secondary N) is 1. The summed E-state index contributed by atoms with van der Waals surface area (Å²) in [6.45, 7) is 4.95. The average Bonchev–Trinajstić information content (AvgIpc) is 2.84. The van der Waals surface area contributed by atoms with Crippen molar-refractivity contribution in [2.24, 2.45) is 5.92 Å². The third-order valence-electron chi connectivity index (χ3n) is 3.38. The van der Waals surface area contributed by atoms with E-state index in [0.29, 0.717) is 0 Å². The molecule has 2 rings (SSSR count). The quantitative estimate of drug-likeness (QED) is 0.676. The maximum absolute atomic E-state index is 13.3. The molecule has 0 bridgehead atoms. The normalized spacial score (nSPS) is 19.9. The van der Waals surface area contributed by atoms with E-state index in [4.69, 9.17) is 0 Å². The van der Waals surface area contributed by atoms with Crippen molar-refractivity contribution in [2.45, 2.75) is 13.3 Å². The van der Waals surface area contributed by atoms with Crippen LogP contribution in [-0.2, 0) is 0 Å². The highest BCUT2D eigenvalue weighted by Gasteiger charge is 2.24. The van der Waals surface area contributed by atoms with Crippen LogP contribution in [0.15, 0.2) is 0 Å². The van der Waals surface area contributed by atoms with Crippen LogP contribution in [-0.4, -0.2) is 36.1 Å². The fraction of sp³-hybridized carbons (Fsp3) is 0.583. The van der Waals surface area contributed by atoms with Crippen molar-refractivity contribution in [3.63, 3.8) is 0 Å². The highest BCUT2D eigenvalue weighted by Crippen LogP contribution is 2.23. The van der Waals surface area contributed by atoms with E-state index in [1.807, 2.05) is 6.92 Å². The van der Waals surface area contributed by atoms with Crippen LogP contribution in [0.4, 0.5) is 23.2 Å². The minimum atomic E-state index is -1.64. The first-order chi connectivity index (χ1) is 9.02. The summed E-state index contributed by atoms with van der Waals surface area (Å²) in [4.78, 5) is 4.71. The molecule has 19 heavy (non-hydrogen) atoms. The molecule has 0 saturated carbocycles. The number of rotatable bonds is 4. The molecule has 106 valence electrons. The second-order valence-electron chi connectivity index (χ2n) is 4.63. The predicted octanol–water partition coefficient (Wildman–Crippen LogP) is 2.39. The Hall–Kier alpha value is -1.37. The van der Waals surface area contributed by atoms with Crippen LogP contribution in [0.25, 0.3) is 0 Å². The van der Waals surface area contributed by atoms with E-state index in [-0.39, 0.29) is 12.5 Å². The molecule has 1 aromatic heterocycles. The lowest BCUT2D eigenvalue weighted by Gasteiger charge is -2.15. The number of aromatic nitrogens is 1. The molecule has 1 aliphatic heterocycles. The lowest BCUT2D eigenvalue weighted by atomic mass is 10.1. The lowest BCUT2D eigenvalue weighted by Crippen LogP contribution is -2.23. The van der Waals surface area contributed by atoms with E-state index < -0.39 is 29.2 Å². The summed E-state index contributed by atoms with van der Waals surface area (Å²) in [6.07, 6.45) is 0.889. The van der Waals surface area contributed by atoms with Crippen molar-refractivity contribution in [1.29, 1.82) is 0 Å². The number of nitrogens with zero attached hydrogens (tertiary/aromatic N) is 2. The second kappa shape index (κ2) is 5.73. The molecule has 0 aliphatic carbocycles. The minimum absolute atomic E-state index is 0.207. The summed E-state index contributed by atoms with van der Waals surface area (Å²) in [5.74, 6) is -6.03. The molecule has 1 saturated heterocycles. The SMILES string of the molecule is CCN1CCC(CNc2c(F)c(F)nc(F)c2F)C1. The molecule has 2 heterocycles. The molecule has 0 aromatic carbocycles. The van der Waals surface area contributed by atoms with Crippen LogP contribution in [0.5, 0.6) is 0 Å². The van der Waals surface area contributed by atoms with Gasteiger partial charge in [0.25, 0.3) is 11.9 Å². The van der Waals surface area contributed by atoms with Gasteiger partial charge in [0.15, 0.2) is 0 Å². The molecule has 0 amide bonds. The third-order valence-corrected chi connectivity index (χ3v) is 3.38. The molecule has 1 N–H and O–H groups in total. The summed E-state index contributed by atoms with van der Waals surface area (Å²) in [5, 5.41) is 2.45. The maximum Gasteiger partial charge on any atom is 0.253 e. The monoisotopic (exact) mass is 277 g/mol. The van der Waals surface area contributed by atoms with Gasteiger partial charge in [-0.25, -0.2) is 0 Å². The molecule has 1 unspecified atom stereocenters. The van der Waals surface area contributed by atoms with Gasteiger partial charge >= 0.3 is 0 Å². The van der Waals surface area contributed by atoms with Gasteiger partial charge in [-0.05, 0) is 25.4 Å². The topological polar surface area (TPSA) is 28.2 Å². The van der Waals surface area contributed by atoms with Gasteiger partial charge in [0, 0.05) is 13.1 Å². The van der Waals surface area contributed by atoms with Gasteiger partial charge in [-0.3, -0.25) is 0 Å². The highest BCUT2D eigenvalue weighted by molar-refractivity contribution is 5.45. The van der Waals surface area contributed by atoms with Crippen molar-refractivity contribution in [3.8, 4) is 0 Å². The molecule has 1 fully saturated rings. The summed E-state index contributed by atoms with van der Waals surface area (Å²) < 4.78 is 52.5. The van der Waals surface area contributed by atoms with Gasteiger partial charge < -0.3 is 10.2 Å². The van der Waals surface area contributed by atoms with Crippen molar-refractivity contribution < 1.29 is 17.6 Å². The molecular weight excluding hydrogens is 262 g/mol. The molecule has 1 atom stereocenters. The first-order valence-electron chi connectivity index (χ1n) is 6.19. The zero-order valence-corrected chi connectivity index (χ0v) is 10.5. The Labute approximate surface area is 108 Å². The number of halogens is 4. The van der Waals surface area contributed by atoms with E-state index in [9.17, 15) is 17.6 Å². The number of pyridine rings is 1. The largest absolute Gasteiger partial charge is 0.380 e. The molecule has 0 spiro atoms. The molecule has 1 aliphatic rings. The van der Waals surface area contributed by atoms with Crippen molar-refractivity contribution in [1.82, 2.24) is 9.88 Å². The summed E-state index contributed by atoms with van der Waals surface area (Å²) >= 11 is 0. The standard InChI is InChI=1S/C12H15F4N3/c1-2-19-4-3-7(6-19)5-17-10-8(13)11(15)18-12(16)9(10)14/h7H,2-6H2,1H3,(H,17,18).